The molecule has 1 aromatic carbocycles. The molecule has 0 bridgehead atoms. The van der Waals surface area contributed by atoms with E-state index >= 15 is 0 Å². The van der Waals surface area contributed by atoms with Gasteiger partial charge in [-0.25, -0.2) is 0 Å². The second-order valence-corrected chi connectivity index (χ2v) is 6.23. The third kappa shape index (κ3) is 3.09. The van der Waals surface area contributed by atoms with Crippen LogP contribution in [0.25, 0.3) is 11.1 Å². The summed E-state index contributed by atoms with van der Waals surface area (Å²) in [5.41, 5.74) is 2.13. The number of nitrogens with zero attached hydrogens (tertiary/aromatic N) is 5. The number of nitriles is 2. The number of rotatable bonds is 4. The molecule has 0 spiro atoms. The average Bonchev–Trinajstić information content (AvgIpc) is 3.21. The molecule has 1 unspecified atom stereocenters. The summed E-state index contributed by atoms with van der Waals surface area (Å²) >= 11 is 12.1. The number of carbonyl (C=O) groups is 1. The lowest BCUT2D eigenvalue weighted by Gasteiger charge is -2.09. The first kappa shape index (κ1) is 17.8. The van der Waals surface area contributed by atoms with Crippen LogP contribution in [0.3, 0.4) is 0 Å². The molecule has 0 aliphatic heterocycles. The Balaban J connectivity index is 1.97. The summed E-state index contributed by atoms with van der Waals surface area (Å²) < 4.78 is 2.76. The summed E-state index contributed by atoms with van der Waals surface area (Å²) in [5, 5.41) is 22.5. The number of halogens is 2. The van der Waals surface area contributed by atoms with E-state index in [4.69, 9.17) is 28.5 Å². The van der Waals surface area contributed by atoms with Crippen LogP contribution in [0.5, 0.6) is 0 Å². The number of aryl methyl sites for hydroxylation is 1. The van der Waals surface area contributed by atoms with Gasteiger partial charge < -0.3 is 4.57 Å². The molecule has 26 heavy (non-hydrogen) atoms. The van der Waals surface area contributed by atoms with Crippen molar-refractivity contribution >= 4 is 29.0 Å². The molecule has 0 N–H and O–H groups in total. The normalized spacial score (nSPS) is 11.6. The van der Waals surface area contributed by atoms with E-state index in [2.05, 4.69) is 11.2 Å². The molecule has 0 saturated carbocycles. The topological polar surface area (TPSA) is 87.4 Å². The van der Waals surface area contributed by atoms with Gasteiger partial charge in [0.25, 0.3) is 0 Å². The van der Waals surface area contributed by atoms with E-state index in [9.17, 15) is 10.1 Å². The van der Waals surface area contributed by atoms with Crippen LogP contribution in [0, 0.1) is 22.7 Å². The van der Waals surface area contributed by atoms with Crippen molar-refractivity contribution in [3.63, 3.8) is 0 Å². The predicted molar refractivity (Wildman–Crippen MR) is 96.8 cm³/mol. The Bertz CT molecular complexity index is 1080. The van der Waals surface area contributed by atoms with Gasteiger partial charge in [0.1, 0.15) is 5.15 Å². The number of benzene rings is 1. The van der Waals surface area contributed by atoms with Crippen LogP contribution in [-0.4, -0.2) is 20.1 Å². The van der Waals surface area contributed by atoms with Crippen LogP contribution in [-0.2, 0) is 7.05 Å². The number of carbonyl (C=O) groups excluding carboxylic acids is 1. The summed E-state index contributed by atoms with van der Waals surface area (Å²) in [7, 11) is 1.56. The number of hydrogen-bond acceptors (Lipinski definition) is 4. The van der Waals surface area contributed by atoms with Gasteiger partial charge in [-0.05, 0) is 29.3 Å². The molecule has 6 nitrogen and oxygen atoms in total. The van der Waals surface area contributed by atoms with E-state index in [1.165, 1.54) is 9.25 Å². The third-order valence-corrected chi connectivity index (χ3v) is 4.59. The molecular formula is C18H11Cl2N5O. The molecule has 1 atom stereocenters. The minimum atomic E-state index is -1.14. The van der Waals surface area contributed by atoms with E-state index in [-0.39, 0.29) is 15.9 Å². The quantitative estimate of drug-likeness (QED) is 0.636. The van der Waals surface area contributed by atoms with Gasteiger partial charge in [0.05, 0.1) is 23.3 Å². The number of ketones is 1. The Morgan fingerprint density at radius 1 is 1.23 bits per heavy atom. The molecule has 8 heteroatoms. The first-order chi connectivity index (χ1) is 12.5. The van der Waals surface area contributed by atoms with Crippen molar-refractivity contribution < 1.29 is 4.79 Å². The van der Waals surface area contributed by atoms with Gasteiger partial charge in [-0.3, -0.25) is 9.48 Å². The fourth-order valence-corrected chi connectivity index (χ4v) is 3.15. The number of Topliss-reactive ketones (excluding diaryl/α,β-unsaturated/α-hetero) is 1. The molecule has 0 amide bonds. The molecule has 2 heterocycles. The third-order valence-electron chi connectivity index (χ3n) is 3.89. The highest BCUT2D eigenvalue weighted by Gasteiger charge is 2.28. The van der Waals surface area contributed by atoms with Crippen molar-refractivity contribution in [1.82, 2.24) is 14.3 Å². The fraction of sp³-hybridized carbons (Fsp3) is 0.111. The molecule has 3 rings (SSSR count). The monoisotopic (exact) mass is 383 g/mol. The van der Waals surface area contributed by atoms with Gasteiger partial charge >= 0.3 is 0 Å². The maximum atomic E-state index is 12.8. The highest BCUT2D eigenvalue weighted by molar-refractivity contribution is 6.39. The zero-order valence-corrected chi connectivity index (χ0v) is 15.0. The smallest absolute Gasteiger partial charge is 0.206 e. The Morgan fingerprint density at radius 2 is 2.00 bits per heavy atom. The van der Waals surface area contributed by atoms with E-state index in [1.54, 1.807) is 43.7 Å². The van der Waals surface area contributed by atoms with Gasteiger partial charge in [0.15, 0.2) is 11.2 Å². The molecule has 0 radical (unpaired) electrons. The predicted octanol–water partition coefficient (Wildman–Crippen LogP) is 4.01. The van der Waals surface area contributed by atoms with Crippen LogP contribution in [0.1, 0.15) is 22.0 Å². The van der Waals surface area contributed by atoms with Gasteiger partial charge in [-0.1, -0.05) is 35.3 Å². The summed E-state index contributed by atoms with van der Waals surface area (Å²) in [4.78, 5) is 12.8. The number of aromatic nitrogens is 3. The molecule has 0 aliphatic carbocycles. The average molecular weight is 384 g/mol. The molecule has 0 saturated heterocycles. The molecule has 3 aromatic rings. The van der Waals surface area contributed by atoms with Gasteiger partial charge in [-0.15, -0.1) is 0 Å². The van der Waals surface area contributed by atoms with Crippen molar-refractivity contribution in [1.29, 1.82) is 10.5 Å². The first-order valence-electron chi connectivity index (χ1n) is 7.46. The number of hydrogen-bond donors (Lipinski definition) is 0. The lowest BCUT2D eigenvalue weighted by Crippen LogP contribution is -2.17. The highest BCUT2D eigenvalue weighted by Crippen LogP contribution is 2.29. The fourth-order valence-electron chi connectivity index (χ4n) is 2.59. The summed E-state index contributed by atoms with van der Waals surface area (Å²) in [6.07, 6.45) is 3.29. The van der Waals surface area contributed by atoms with Crippen molar-refractivity contribution in [2.45, 2.75) is 6.04 Å². The SMILES string of the molecule is Cn1nc(Cl)c(C(=O)C(C#N)n2ccc(-c3cccc(C#N)c3)c2)c1Cl. The lowest BCUT2D eigenvalue weighted by atomic mass is 10.1. The zero-order chi connectivity index (χ0) is 18.8. The Morgan fingerprint density at radius 3 is 2.62 bits per heavy atom. The largest absolute Gasteiger partial charge is 0.331 e. The molecular weight excluding hydrogens is 373 g/mol. The molecule has 128 valence electrons. The summed E-state index contributed by atoms with van der Waals surface area (Å²) in [6, 6.07) is 11.7. The Labute approximate surface area is 159 Å². The maximum Gasteiger partial charge on any atom is 0.206 e. The molecule has 0 fully saturated rings. The van der Waals surface area contributed by atoms with Crippen LogP contribution in [0.15, 0.2) is 42.7 Å². The van der Waals surface area contributed by atoms with Crippen molar-refractivity contribution in [3.05, 3.63) is 64.2 Å². The highest BCUT2D eigenvalue weighted by atomic mass is 35.5. The minimum absolute atomic E-state index is 0.0177. The van der Waals surface area contributed by atoms with Crippen LogP contribution >= 0.6 is 23.2 Å². The van der Waals surface area contributed by atoms with Crippen molar-refractivity contribution in [3.8, 4) is 23.3 Å². The van der Waals surface area contributed by atoms with Crippen LogP contribution < -0.4 is 0 Å². The van der Waals surface area contributed by atoms with Gasteiger partial charge in [0.2, 0.25) is 5.78 Å². The zero-order valence-electron chi connectivity index (χ0n) is 13.5. The minimum Gasteiger partial charge on any atom is -0.331 e. The summed E-state index contributed by atoms with van der Waals surface area (Å²) in [6.45, 7) is 0. The standard InChI is InChI=1S/C18H11Cl2N5O/c1-24-18(20)15(17(19)23-24)16(26)14(9-22)25-6-5-13(10-25)12-4-2-3-11(7-12)8-21/h2-7,10,14H,1H3. The summed E-state index contributed by atoms with van der Waals surface area (Å²) in [5.74, 6) is -0.538. The molecule has 0 aliphatic rings. The van der Waals surface area contributed by atoms with Crippen LogP contribution in [0.2, 0.25) is 10.3 Å². The first-order valence-corrected chi connectivity index (χ1v) is 8.21. The van der Waals surface area contributed by atoms with E-state index in [0.29, 0.717) is 5.56 Å². The van der Waals surface area contributed by atoms with Gasteiger partial charge in [0, 0.05) is 19.4 Å². The maximum absolute atomic E-state index is 12.8. The second kappa shape index (κ2) is 7.05. The Hall–Kier alpha value is -3.06. The van der Waals surface area contributed by atoms with E-state index in [1.807, 2.05) is 12.1 Å². The Kier molecular flexibility index (Phi) is 4.81. The lowest BCUT2D eigenvalue weighted by molar-refractivity contribution is 0.0953. The van der Waals surface area contributed by atoms with Crippen molar-refractivity contribution in [2.75, 3.05) is 0 Å². The second-order valence-electron chi connectivity index (χ2n) is 5.52. The molecule has 2 aromatic heterocycles. The van der Waals surface area contributed by atoms with Crippen LogP contribution in [0.4, 0.5) is 0 Å². The van der Waals surface area contributed by atoms with Gasteiger partial charge in [-0.2, -0.15) is 15.6 Å². The van der Waals surface area contributed by atoms with E-state index in [0.717, 1.165) is 11.1 Å². The van der Waals surface area contributed by atoms with E-state index < -0.39 is 11.8 Å². The van der Waals surface area contributed by atoms with Crippen molar-refractivity contribution in [2.24, 2.45) is 7.05 Å².